The van der Waals surface area contributed by atoms with Gasteiger partial charge in [-0.25, -0.2) is 13.4 Å². The lowest BCUT2D eigenvalue weighted by Crippen LogP contribution is -2.04. The maximum absolute atomic E-state index is 12.9. The number of anilines is 1. The zero-order chi connectivity index (χ0) is 16.4. The van der Waals surface area contributed by atoms with Crippen LogP contribution in [0.2, 0.25) is 0 Å². The SMILES string of the molecule is COc1ccc(S(=O)(=O)c2sc3ncccc3c2NC=O)cc1. The second-order valence-corrected chi connectivity index (χ2v) is 7.71. The Morgan fingerprint density at radius 1 is 1.22 bits per heavy atom. The molecule has 3 rings (SSSR count). The Labute approximate surface area is 136 Å². The van der Waals surface area contributed by atoms with Crippen molar-refractivity contribution in [3.8, 4) is 5.75 Å². The molecule has 0 saturated carbocycles. The molecule has 2 heterocycles. The molecule has 0 aliphatic rings. The molecule has 0 bridgehead atoms. The lowest BCUT2D eigenvalue weighted by atomic mass is 10.3. The molecular formula is C15H12N2O4S2. The molecule has 0 fully saturated rings. The van der Waals surface area contributed by atoms with Crippen molar-refractivity contribution in [3.63, 3.8) is 0 Å². The van der Waals surface area contributed by atoms with Crippen molar-refractivity contribution in [1.29, 1.82) is 0 Å². The largest absolute Gasteiger partial charge is 0.497 e. The summed E-state index contributed by atoms with van der Waals surface area (Å²) in [6.07, 6.45) is 2.04. The summed E-state index contributed by atoms with van der Waals surface area (Å²) in [5.74, 6) is 0.563. The minimum atomic E-state index is -3.78. The normalized spacial score (nSPS) is 11.3. The maximum Gasteiger partial charge on any atom is 0.218 e. The van der Waals surface area contributed by atoms with E-state index in [1.54, 1.807) is 30.5 Å². The minimum absolute atomic E-state index is 0.0588. The molecule has 1 aromatic carbocycles. The number of carbonyl (C=O) groups excluding carboxylic acids is 1. The zero-order valence-corrected chi connectivity index (χ0v) is 13.6. The topological polar surface area (TPSA) is 85.4 Å². The van der Waals surface area contributed by atoms with Crippen molar-refractivity contribution in [2.24, 2.45) is 0 Å². The predicted octanol–water partition coefficient (Wildman–Crippen LogP) is 2.71. The summed E-state index contributed by atoms with van der Waals surface area (Å²) in [4.78, 5) is 15.7. The van der Waals surface area contributed by atoms with Crippen LogP contribution in [0.1, 0.15) is 0 Å². The Kier molecular flexibility index (Phi) is 4.01. The first kappa shape index (κ1) is 15.4. The number of pyridine rings is 1. The van der Waals surface area contributed by atoms with E-state index in [2.05, 4.69) is 10.3 Å². The number of sulfone groups is 1. The molecule has 0 spiro atoms. The first-order valence-electron chi connectivity index (χ1n) is 6.55. The number of hydrogen-bond acceptors (Lipinski definition) is 6. The van der Waals surface area contributed by atoms with Crippen LogP contribution in [-0.4, -0.2) is 26.9 Å². The van der Waals surface area contributed by atoms with E-state index in [1.807, 2.05) is 0 Å². The Balaban J connectivity index is 2.20. The van der Waals surface area contributed by atoms with Crippen LogP contribution >= 0.6 is 11.3 Å². The standard InChI is InChI=1S/C15H12N2O4S2/c1-21-10-4-6-11(7-5-10)23(19,20)15-13(17-9-18)12-3-2-8-16-14(12)22-15/h2-9H,1H3,(H,17,18). The van der Waals surface area contributed by atoms with E-state index in [0.717, 1.165) is 11.3 Å². The molecule has 1 N–H and O–H groups in total. The highest BCUT2D eigenvalue weighted by atomic mass is 32.2. The van der Waals surface area contributed by atoms with Gasteiger partial charge in [-0.2, -0.15) is 0 Å². The van der Waals surface area contributed by atoms with E-state index in [9.17, 15) is 13.2 Å². The number of aromatic nitrogens is 1. The van der Waals surface area contributed by atoms with E-state index in [1.165, 1.54) is 19.2 Å². The molecule has 0 aliphatic carbocycles. The number of hydrogen-bond donors (Lipinski definition) is 1. The molecule has 23 heavy (non-hydrogen) atoms. The molecule has 3 aromatic rings. The smallest absolute Gasteiger partial charge is 0.218 e. The van der Waals surface area contributed by atoms with Crippen LogP contribution in [0, 0.1) is 0 Å². The molecule has 8 heteroatoms. The van der Waals surface area contributed by atoms with Gasteiger partial charge in [0.05, 0.1) is 17.7 Å². The van der Waals surface area contributed by atoms with Crippen LogP contribution in [-0.2, 0) is 14.6 Å². The van der Waals surface area contributed by atoms with E-state index in [4.69, 9.17) is 4.74 Å². The van der Waals surface area contributed by atoms with E-state index in [-0.39, 0.29) is 14.8 Å². The Morgan fingerprint density at radius 2 is 1.96 bits per heavy atom. The number of amides is 1. The molecule has 6 nitrogen and oxygen atoms in total. The Morgan fingerprint density at radius 3 is 2.61 bits per heavy atom. The van der Waals surface area contributed by atoms with Gasteiger partial charge in [0.1, 0.15) is 10.6 Å². The fraction of sp³-hybridized carbons (Fsp3) is 0.0667. The quantitative estimate of drug-likeness (QED) is 0.717. The first-order valence-corrected chi connectivity index (χ1v) is 8.84. The monoisotopic (exact) mass is 348 g/mol. The molecule has 0 aliphatic heterocycles. The van der Waals surface area contributed by atoms with Gasteiger partial charge >= 0.3 is 0 Å². The average molecular weight is 348 g/mol. The predicted molar refractivity (Wildman–Crippen MR) is 87.8 cm³/mol. The molecule has 0 radical (unpaired) electrons. The lowest BCUT2D eigenvalue weighted by molar-refractivity contribution is -0.105. The average Bonchev–Trinajstić information content (AvgIpc) is 2.95. The van der Waals surface area contributed by atoms with Crippen molar-refractivity contribution in [2.75, 3.05) is 12.4 Å². The number of rotatable bonds is 5. The van der Waals surface area contributed by atoms with E-state index >= 15 is 0 Å². The number of ether oxygens (including phenoxy) is 1. The summed E-state index contributed by atoms with van der Waals surface area (Å²) in [5, 5.41) is 3.08. The van der Waals surface area contributed by atoms with Gasteiger partial charge < -0.3 is 10.1 Å². The number of nitrogens with one attached hydrogen (secondary N) is 1. The summed E-state index contributed by atoms with van der Waals surface area (Å²) in [5.41, 5.74) is 0.254. The number of fused-ring (bicyclic) bond motifs is 1. The second-order valence-electron chi connectivity index (χ2n) is 4.56. The van der Waals surface area contributed by atoms with Crippen LogP contribution in [0.15, 0.2) is 51.7 Å². The summed E-state index contributed by atoms with van der Waals surface area (Å²) in [6, 6.07) is 9.50. The molecule has 2 aromatic heterocycles. The van der Waals surface area contributed by atoms with Crippen molar-refractivity contribution in [1.82, 2.24) is 4.98 Å². The summed E-state index contributed by atoms with van der Waals surface area (Å²) >= 11 is 1.02. The lowest BCUT2D eigenvalue weighted by Gasteiger charge is -2.06. The zero-order valence-electron chi connectivity index (χ0n) is 12.0. The number of benzene rings is 1. The van der Waals surface area contributed by atoms with Crippen LogP contribution in [0.4, 0.5) is 5.69 Å². The van der Waals surface area contributed by atoms with Gasteiger partial charge in [-0.1, -0.05) is 0 Å². The van der Waals surface area contributed by atoms with Gasteiger partial charge in [0.15, 0.2) is 4.21 Å². The van der Waals surface area contributed by atoms with Gasteiger partial charge in [-0.15, -0.1) is 11.3 Å². The number of carbonyl (C=O) groups is 1. The van der Waals surface area contributed by atoms with Crippen LogP contribution in [0.5, 0.6) is 5.75 Å². The molecule has 1 amide bonds. The highest BCUT2D eigenvalue weighted by Gasteiger charge is 2.26. The fourth-order valence-electron chi connectivity index (χ4n) is 2.16. The molecule has 0 saturated heterocycles. The molecule has 118 valence electrons. The summed E-state index contributed by atoms with van der Waals surface area (Å²) < 4.78 is 30.9. The third kappa shape index (κ3) is 2.66. The van der Waals surface area contributed by atoms with Crippen LogP contribution < -0.4 is 10.1 Å². The molecular weight excluding hydrogens is 336 g/mol. The van der Waals surface area contributed by atoms with Crippen molar-refractivity contribution in [3.05, 3.63) is 42.6 Å². The van der Waals surface area contributed by atoms with Crippen molar-refractivity contribution in [2.45, 2.75) is 9.10 Å². The van der Waals surface area contributed by atoms with Gasteiger partial charge in [0, 0.05) is 11.6 Å². The van der Waals surface area contributed by atoms with Crippen molar-refractivity contribution >= 4 is 43.5 Å². The van der Waals surface area contributed by atoms with Gasteiger partial charge in [-0.3, -0.25) is 4.79 Å². The highest BCUT2D eigenvalue weighted by molar-refractivity contribution is 7.93. The fourth-order valence-corrected chi connectivity index (χ4v) is 5.11. The summed E-state index contributed by atoms with van der Waals surface area (Å²) in [7, 11) is -2.27. The van der Waals surface area contributed by atoms with E-state index in [0.29, 0.717) is 22.4 Å². The minimum Gasteiger partial charge on any atom is -0.497 e. The number of thiophene rings is 1. The van der Waals surface area contributed by atoms with E-state index < -0.39 is 9.84 Å². The highest BCUT2D eigenvalue weighted by Crippen LogP contribution is 2.40. The third-order valence-corrected chi connectivity index (χ3v) is 6.65. The van der Waals surface area contributed by atoms with Gasteiger partial charge in [-0.05, 0) is 36.4 Å². The molecule has 0 atom stereocenters. The third-order valence-electron chi connectivity index (χ3n) is 3.25. The molecule has 0 unspecified atom stereocenters. The van der Waals surface area contributed by atoms with Crippen LogP contribution in [0.25, 0.3) is 10.2 Å². The first-order chi connectivity index (χ1) is 11.1. The van der Waals surface area contributed by atoms with Gasteiger partial charge in [0.2, 0.25) is 16.2 Å². The van der Waals surface area contributed by atoms with Crippen LogP contribution in [0.3, 0.4) is 0 Å². The van der Waals surface area contributed by atoms with Crippen molar-refractivity contribution < 1.29 is 17.9 Å². The Bertz CT molecular complexity index is 963. The Hall–Kier alpha value is -2.45. The number of nitrogens with zero attached hydrogens (tertiary/aromatic N) is 1. The second kappa shape index (κ2) is 5.98. The maximum atomic E-state index is 12.9. The summed E-state index contributed by atoms with van der Waals surface area (Å²) in [6.45, 7) is 0. The van der Waals surface area contributed by atoms with Gasteiger partial charge in [0.25, 0.3) is 0 Å². The number of methoxy groups -OCH3 is 1.